The van der Waals surface area contributed by atoms with Crippen LogP contribution in [0, 0.1) is 5.82 Å². The van der Waals surface area contributed by atoms with Gasteiger partial charge in [-0.25, -0.2) is 4.39 Å². The first-order chi connectivity index (χ1) is 10.1. The Morgan fingerprint density at radius 2 is 1.86 bits per heavy atom. The van der Waals surface area contributed by atoms with Gasteiger partial charge < -0.3 is 15.2 Å². The first-order valence-electron chi connectivity index (χ1n) is 6.83. The monoisotopic (exact) mass is 289 g/mol. The smallest absolute Gasteiger partial charge is 0.132 e. The van der Waals surface area contributed by atoms with E-state index in [-0.39, 0.29) is 6.61 Å². The number of aliphatic hydroxyl groups excluding tert-OH is 1. The number of benzene rings is 2. The summed E-state index contributed by atoms with van der Waals surface area (Å²) in [4.78, 5) is 0. The van der Waals surface area contributed by atoms with Gasteiger partial charge in [-0.2, -0.15) is 0 Å². The van der Waals surface area contributed by atoms with Crippen molar-refractivity contribution in [2.45, 2.75) is 19.0 Å². The van der Waals surface area contributed by atoms with Crippen molar-refractivity contribution in [3.63, 3.8) is 0 Å². The maximum atomic E-state index is 14.2. The van der Waals surface area contributed by atoms with E-state index in [1.54, 1.807) is 19.1 Å². The molecule has 0 aliphatic rings. The first kappa shape index (κ1) is 15.5. The van der Waals surface area contributed by atoms with Crippen LogP contribution in [0.3, 0.4) is 0 Å². The van der Waals surface area contributed by atoms with Crippen LogP contribution in [0.5, 0.6) is 5.75 Å². The van der Waals surface area contributed by atoms with Gasteiger partial charge in [0.2, 0.25) is 0 Å². The molecule has 0 bridgehead atoms. The summed E-state index contributed by atoms with van der Waals surface area (Å²) >= 11 is 0. The lowest BCUT2D eigenvalue weighted by molar-refractivity contribution is 0.166. The number of hydrogen-bond donors (Lipinski definition) is 2. The average molecular weight is 289 g/mol. The van der Waals surface area contributed by atoms with E-state index in [0.717, 1.165) is 5.56 Å². The number of hydrogen-bond acceptors (Lipinski definition) is 3. The Balaban J connectivity index is 2.29. The van der Waals surface area contributed by atoms with Gasteiger partial charge in [0.25, 0.3) is 0 Å². The molecule has 0 aromatic heterocycles. The second-order valence-corrected chi connectivity index (χ2v) is 5.15. The molecule has 0 spiro atoms. The minimum absolute atomic E-state index is 0.239. The Morgan fingerprint density at radius 3 is 2.48 bits per heavy atom. The number of ether oxygens (including phenoxy) is 1. The van der Waals surface area contributed by atoms with E-state index in [1.807, 2.05) is 30.3 Å². The number of halogens is 1. The fraction of sp³-hybridized carbons (Fsp3) is 0.294. The molecule has 1 unspecified atom stereocenters. The van der Waals surface area contributed by atoms with Crippen molar-refractivity contribution < 1.29 is 14.2 Å². The molecular weight excluding hydrogens is 269 g/mol. The highest BCUT2D eigenvalue weighted by Crippen LogP contribution is 2.32. The van der Waals surface area contributed by atoms with Crippen LogP contribution >= 0.6 is 0 Å². The van der Waals surface area contributed by atoms with Gasteiger partial charge in [0.15, 0.2) is 0 Å². The molecule has 0 radical (unpaired) electrons. The zero-order valence-corrected chi connectivity index (χ0v) is 12.3. The minimum atomic E-state index is -0.924. The number of rotatable bonds is 6. The Morgan fingerprint density at radius 1 is 1.14 bits per heavy atom. The Kier molecular flexibility index (Phi) is 4.94. The molecule has 2 rings (SSSR count). The summed E-state index contributed by atoms with van der Waals surface area (Å²) in [5.74, 6) is 0.0265. The minimum Gasteiger partial charge on any atom is -0.496 e. The van der Waals surface area contributed by atoms with Gasteiger partial charge >= 0.3 is 0 Å². The Hall–Kier alpha value is -1.91. The standard InChI is InChI=1S/C17H20FNO2/c1-17(12-20,19-11-13-7-4-3-5-8-13)16-14(18)9-6-10-15(16)21-2/h3-10,19-20H,11-12H2,1-2H3. The molecule has 0 fully saturated rings. The SMILES string of the molecule is COc1cccc(F)c1C(C)(CO)NCc1ccccc1. The van der Waals surface area contributed by atoms with Crippen LogP contribution in [0.15, 0.2) is 48.5 Å². The number of aliphatic hydroxyl groups is 1. The molecule has 21 heavy (non-hydrogen) atoms. The molecule has 0 amide bonds. The normalized spacial score (nSPS) is 13.7. The predicted molar refractivity (Wildman–Crippen MR) is 80.7 cm³/mol. The Bertz CT molecular complexity index is 589. The maximum Gasteiger partial charge on any atom is 0.132 e. The summed E-state index contributed by atoms with van der Waals surface area (Å²) in [6, 6.07) is 14.4. The molecule has 0 saturated heterocycles. The van der Waals surface area contributed by atoms with E-state index in [0.29, 0.717) is 17.9 Å². The van der Waals surface area contributed by atoms with Gasteiger partial charge in [-0.15, -0.1) is 0 Å². The van der Waals surface area contributed by atoms with Crippen LogP contribution in [-0.4, -0.2) is 18.8 Å². The molecule has 3 nitrogen and oxygen atoms in total. The van der Waals surface area contributed by atoms with Crippen molar-refractivity contribution in [2.24, 2.45) is 0 Å². The van der Waals surface area contributed by atoms with Crippen LogP contribution in [-0.2, 0) is 12.1 Å². The molecule has 0 saturated carbocycles. The summed E-state index contributed by atoms with van der Waals surface area (Å²) in [5, 5.41) is 13.0. The van der Waals surface area contributed by atoms with Gasteiger partial charge in [0.05, 0.1) is 24.8 Å². The lowest BCUT2D eigenvalue weighted by atomic mass is 9.91. The number of nitrogens with one attached hydrogen (secondary N) is 1. The average Bonchev–Trinajstić information content (AvgIpc) is 2.53. The summed E-state index contributed by atoms with van der Waals surface area (Å²) in [5.41, 5.74) is 0.477. The second kappa shape index (κ2) is 6.70. The van der Waals surface area contributed by atoms with Crippen molar-refractivity contribution in [2.75, 3.05) is 13.7 Å². The fourth-order valence-corrected chi connectivity index (χ4v) is 2.33. The quantitative estimate of drug-likeness (QED) is 0.859. The summed E-state index contributed by atoms with van der Waals surface area (Å²) < 4.78 is 19.4. The third-order valence-electron chi connectivity index (χ3n) is 3.59. The van der Waals surface area contributed by atoms with Crippen LogP contribution in [0.2, 0.25) is 0 Å². The molecule has 112 valence electrons. The van der Waals surface area contributed by atoms with Gasteiger partial charge in [-0.3, -0.25) is 0 Å². The summed E-state index contributed by atoms with van der Waals surface area (Å²) in [6.07, 6.45) is 0. The third kappa shape index (κ3) is 3.40. The van der Waals surface area contributed by atoms with E-state index in [9.17, 15) is 9.50 Å². The highest BCUT2D eigenvalue weighted by Gasteiger charge is 2.31. The molecule has 0 aliphatic heterocycles. The highest BCUT2D eigenvalue weighted by molar-refractivity contribution is 5.40. The third-order valence-corrected chi connectivity index (χ3v) is 3.59. The van der Waals surface area contributed by atoms with Crippen LogP contribution < -0.4 is 10.1 Å². The van der Waals surface area contributed by atoms with E-state index >= 15 is 0 Å². The van der Waals surface area contributed by atoms with Crippen molar-refractivity contribution in [1.82, 2.24) is 5.32 Å². The molecule has 2 N–H and O–H groups in total. The van der Waals surface area contributed by atoms with Crippen molar-refractivity contribution >= 4 is 0 Å². The summed E-state index contributed by atoms with van der Waals surface area (Å²) in [6.45, 7) is 2.05. The van der Waals surface area contributed by atoms with Gasteiger partial charge in [0.1, 0.15) is 11.6 Å². The molecule has 4 heteroatoms. The van der Waals surface area contributed by atoms with Crippen molar-refractivity contribution in [1.29, 1.82) is 0 Å². The zero-order valence-electron chi connectivity index (χ0n) is 12.3. The largest absolute Gasteiger partial charge is 0.496 e. The fourth-order valence-electron chi connectivity index (χ4n) is 2.33. The van der Waals surface area contributed by atoms with Gasteiger partial charge in [-0.1, -0.05) is 36.4 Å². The lowest BCUT2D eigenvalue weighted by Crippen LogP contribution is -2.43. The molecular formula is C17H20FNO2. The first-order valence-corrected chi connectivity index (χ1v) is 6.83. The summed E-state index contributed by atoms with van der Waals surface area (Å²) in [7, 11) is 1.49. The van der Waals surface area contributed by atoms with E-state index in [2.05, 4.69) is 5.32 Å². The molecule has 0 aliphatic carbocycles. The maximum absolute atomic E-state index is 14.2. The van der Waals surface area contributed by atoms with E-state index < -0.39 is 11.4 Å². The molecule has 1 atom stereocenters. The zero-order chi connectivity index (χ0) is 15.3. The van der Waals surface area contributed by atoms with Crippen molar-refractivity contribution in [3.05, 3.63) is 65.5 Å². The highest BCUT2D eigenvalue weighted by atomic mass is 19.1. The molecule has 2 aromatic carbocycles. The van der Waals surface area contributed by atoms with Crippen LogP contribution in [0.25, 0.3) is 0 Å². The van der Waals surface area contributed by atoms with Crippen LogP contribution in [0.4, 0.5) is 4.39 Å². The van der Waals surface area contributed by atoms with E-state index in [1.165, 1.54) is 13.2 Å². The topological polar surface area (TPSA) is 41.5 Å². The molecule has 0 heterocycles. The van der Waals surface area contributed by atoms with E-state index in [4.69, 9.17) is 4.74 Å². The second-order valence-electron chi connectivity index (χ2n) is 5.15. The molecule has 2 aromatic rings. The lowest BCUT2D eigenvalue weighted by Gasteiger charge is -2.31. The van der Waals surface area contributed by atoms with Crippen molar-refractivity contribution in [3.8, 4) is 5.75 Å². The number of methoxy groups -OCH3 is 1. The van der Waals surface area contributed by atoms with Gasteiger partial charge in [-0.05, 0) is 24.6 Å². The van der Waals surface area contributed by atoms with Crippen LogP contribution in [0.1, 0.15) is 18.1 Å². The predicted octanol–water partition coefficient (Wildman–Crippen LogP) is 2.83. The Labute approximate surface area is 124 Å². The van der Waals surface area contributed by atoms with Gasteiger partial charge in [0, 0.05) is 6.54 Å².